The summed E-state index contributed by atoms with van der Waals surface area (Å²) in [6.45, 7) is 5.27. The predicted molar refractivity (Wildman–Crippen MR) is 72.2 cm³/mol. The van der Waals surface area contributed by atoms with Crippen molar-refractivity contribution >= 4 is 28.7 Å². The van der Waals surface area contributed by atoms with Crippen LogP contribution in [0.25, 0.3) is 0 Å². The molecule has 1 aromatic heterocycles. The van der Waals surface area contributed by atoms with E-state index in [4.69, 9.17) is 12.2 Å². The van der Waals surface area contributed by atoms with Crippen LogP contribution in [0.5, 0.6) is 0 Å². The first-order valence-electron chi connectivity index (χ1n) is 5.57. The molecule has 0 unspecified atom stereocenters. The minimum atomic E-state index is -0.237. The lowest BCUT2D eigenvalue weighted by Crippen LogP contribution is -2.45. The monoisotopic (exact) mass is 255 g/mol. The third kappa shape index (κ3) is 2.21. The number of nitrogens with one attached hydrogen (secondary N) is 2. The molecule has 1 aromatic rings. The summed E-state index contributed by atoms with van der Waals surface area (Å²) in [5.74, 6) is 0. The summed E-state index contributed by atoms with van der Waals surface area (Å²) in [4.78, 5) is 1.26. The van der Waals surface area contributed by atoms with Gasteiger partial charge in [0.05, 0.1) is 0 Å². The van der Waals surface area contributed by atoms with Gasteiger partial charge in [0.25, 0.3) is 0 Å². The fourth-order valence-corrected chi connectivity index (χ4v) is 2.92. The molecule has 16 heavy (non-hydrogen) atoms. The first-order chi connectivity index (χ1) is 7.65. The van der Waals surface area contributed by atoms with Crippen LogP contribution in [0, 0.1) is 0 Å². The zero-order chi connectivity index (χ0) is 11.6. The maximum absolute atomic E-state index is 5.33. The largest absolute Gasteiger partial charge is 0.338 e. The second-order valence-corrected chi connectivity index (χ2v) is 5.48. The summed E-state index contributed by atoms with van der Waals surface area (Å²) in [7, 11) is 0. The smallest absolute Gasteiger partial charge is 0.185 e. The number of nitrogens with zero attached hydrogens (tertiary/aromatic N) is 1. The summed E-state index contributed by atoms with van der Waals surface area (Å²) >= 11 is 7.07. The molecule has 1 atom stereocenters. The van der Waals surface area contributed by atoms with Crippen LogP contribution in [0.15, 0.2) is 17.5 Å². The van der Waals surface area contributed by atoms with Crippen LogP contribution in [-0.4, -0.2) is 16.7 Å². The van der Waals surface area contributed by atoms with Crippen molar-refractivity contribution in [2.75, 3.05) is 6.54 Å². The molecule has 0 spiro atoms. The number of hydrazine groups is 1. The first kappa shape index (κ1) is 11.8. The van der Waals surface area contributed by atoms with Gasteiger partial charge in [0.15, 0.2) is 5.11 Å². The second-order valence-electron chi connectivity index (χ2n) is 4.15. The highest BCUT2D eigenvalue weighted by Crippen LogP contribution is 2.26. The van der Waals surface area contributed by atoms with Crippen molar-refractivity contribution in [1.82, 2.24) is 15.8 Å². The topological polar surface area (TPSA) is 27.3 Å². The van der Waals surface area contributed by atoms with E-state index in [1.165, 1.54) is 11.3 Å². The molecule has 0 saturated carbocycles. The van der Waals surface area contributed by atoms with Gasteiger partial charge in [-0.3, -0.25) is 5.01 Å². The van der Waals surface area contributed by atoms with E-state index < -0.39 is 0 Å². The van der Waals surface area contributed by atoms with Gasteiger partial charge in [0.1, 0.15) is 5.66 Å². The Bertz CT molecular complexity index is 363. The number of thiocarbonyl (C=S) groups is 1. The van der Waals surface area contributed by atoms with Crippen molar-refractivity contribution in [1.29, 1.82) is 0 Å². The van der Waals surface area contributed by atoms with Gasteiger partial charge in [-0.25, -0.2) is 5.43 Å². The number of hydrogen-bond acceptors (Lipinski definition) is 3. The molecular weight excluding hydrogens is 238 g/mol. The molecule has 2 N–H and O–H groups in total. The summed E-state index contributed by atoms with van der Waals surface area (Å²) < 4.78 is 0. The Morgan fingerprint density at radius 1 is 1.56 bits per heavy atom. The average Bonchev–Trinajstić information content (AvgIpc) is 2.84. The van der Waals surface area contributed by atoms with E-state index in [1.54, 1.807) is 11.3 Å². The molecule has 2 rings (SSSR count). The molecule has 1 fully saturated rings. The Hall–Kier alpha value is -0.650. The quantitative estimate of drug-likeness (QED) is 0.808. The number of rotatable bonds is 4. The number of hydrogen-bond donors (Lipinski definition) is 2. The van der Waals surface area contributed by atoms with E-state index in [1.807, 2.05) is 5.01 Å². The summed E-state index contributed by atoms with van der Waals surface area (Å²) in [6.07, 6.45) is 2.33. The van der Waals surface area contributed by atoms with Crippen LogP contribution < -0.4 is 10.7 Å². The number of unbranched alkanes of at least 4 members (excludes halogenated alkanes) is 1. The van der Waals surface area contributed by atoms with Gasteiger partial charge < -0.3 is 5.32 Å². The van der Waals surface area contributed by atoms with Crippen LogP contribution in [0.4, 0.5) is 0 Å². The van der Waals surface area contributed by atoms with E-state index in [2.05, 4.69) is 42.1 Å². The lowest BCUT2D eigenvalue weighted by Gasteiger charge is -2.24. The second kappa shape index (κ2) is 4.69. The molecule has 0 aromatic carbocycles. The van der Waals surface area contributed by atoms with Crippen molar-refractivity contribution in [3.63, 3.8) is 0 Å². The number of thiophene rings is 1. The Balaban J connectivity index is 2.08. The van der Waals surface area contributed by atoms with Crippen molar-refractivity contribution in [2.24, 2.45) is 0 Å². The lowest BCUT2D eigenvalue weighted by atomic mass is 10.2. The Morgan fingerprint density at radius 2 is 2.38 bits per heavy atom. The highest BCUT2D eigenvalue weighted by Gasteiger charge is 2.37. The molecule has 1 aliphatic heterocycles. The van der Waals surface area contributed by atoms with Crippen molar-refractivity contribution in [3.05, 3.63) is 22.4 Å². The van der Waals surface area contributed by atoms with E-state index in [9.17, 15) is 0 Å². The van der Waals surface area contributed by atoms with Gasteiger partial charge in [-0.2, -0.15) is 0 Å². The van der Waals surface area contributed by atoms with E-state index >= 15 is 0 Å². The summed E-state index contributed by atoms with van der Waals surface area (Å²) in [5.41, 5.74) is 3.21. The Kier molecular flexibility index (Phi) is 3.47. The van der Waals surface area contributed by atoms with Crippen LogP contribution in [0.2, 0.25) is 0 Å². The fraction of sp³-hybridized carbons (Fsp3) is 0.545. The van der Waals surface area contributed by atoms with Gasteiger partial charge in [0.2, 0.25) is 0 Å². The third-order valence-electron chi connectivity index (χ3n) is 2.71. The predicted octanol–water partition coefficient (Wildman–Crippen LogP) is 2.42. The van der Waals surface area contributed by atoms with Gasteiger partial charge in [-0.15, -0.1) is 11.3 Å². The normalized spacial score (nSPS) is 24.9. The molecule has 1 saturated heterocycles. The van der Waals surface area contributed by atoms with Crippen molar-refractivity contribution < 1.29 is 0 Å². The van der Waals surface area contributed by atoms with Crippen LogP contribution in [-0.2, 0) is 5.66 Å². The molecule has 0 radical (unpaired) electrons. The highest BCUT2D eigenvalue weighted by atomic mass is 32.1. The van der Waals surface area contributed by atoms with E-state index in [0.29, 0.717) is 0 Å². The molecule has 2 heterocycles. The zero-order valence-electron chi connectivity index (χ0n) is 9.62. The van der Waals surface area contributed by atoms with Gasteiger partial charge >= 0.3 is 0 Å². The standard InChI is InChI=1S/C11H17N3S2/c1-3-4-7-14-10(15)12-11(2,13-14)9-6-5-8-16-9/h5-6,8,13H,3-4,7H2,1-2H3,(H,12,15)/t11-/m1/s1. The maximum atomic E-state index is 5.33. The SMILES string of the molecule is CCCCN1N[C@](C)(c2cccs2)NC1=S. The Morgan fingerprint density at radius 3 is 3.00 bits per heavy atom. The summed E-state index contributed by atoms with van der Waals surface area (Å²) in [6, 6.07) is 4.18. The lowest BCUT2D eigenvalue weighted by molar-refractivity contribution is 0.236. The Labute approximate surface area is 106 Å². The molecule has 0 amide bonds. The van der Waals surface area contributed by atoms with Crippen molar-refractivity contribution in [2.45, 2.75) is 32.4 Å². The minimum Gasteiger partial charge on any atom is -0.338 e. The zero-order valence-corrected chi connectivity index (χ0v) is 11.3. The average molecular weight is 255 g/mol. The molecule has 5 heteroatoms. The summed E-state index contributed by atoms with van der Waals surface area (Å²) in [5, 5.41) is 8.27. The molecular formula is C11H17N3S2. The molecule has 3 nitrogen and oxygen atoms in total. The minimum absolute atomic E-state index is 0.237. The molecule has 0 aliphatic carbocycles. The molecule has 1 aliphatic rings. The van der Waals surface area contributed by atoms with Gasteiger partial charge in [-0.05, 0) is 37.0 Å². The van der Waals surface area contributed by atoms with E-state index in [0.717, 1.165) is 18.1 Å². The highest BCUT2D eigenvalue weighted by molar-refractivity contribution is 7.80. The first-order valence-corrected chi connectivity index (χ1v) is 6.86. The van der Waals surface area contributed by atoms with Gasteiger partial charge in [-0.1, -0.05) is 19.4 Å². The van der Waals surface area contributed by atoms with Crippen LogP contribution >= 0.6 is 23.6 Å². The maximum Gasteiger partial charge on any atom is 0.185 e. The molecule has 88 valence electrons. The van der Waals surface area contributed by atoms with Crippen LogP contribution in [0.3, 0.4) is 0 Å². The van der Waals surface area contributed by atoms with Gasteiger partial charge in [0, 0.05) is 11.4 Å². The third-order valence-corrected chi connectivity index (χ3v) is 4.12. The van der Waals surface area contributed by atoms with E-state index in [-0.39, 0.29) is 5.66 Å². The molecule has 0 bridgehead atoms. The van der Waals surface area contributed by atoms with Crippen molar-refractivity contribution in [3.8, 4) is 0 Å². The fourth-order valence-electron chi connectivity index (χ4n) is 1.78. The van der Waals surface area contributed by atoms with Crippen LogP contribution in [0.1, 0.15) is 31.6 Å².